The van der Waals surface area contributed by atoms with Crippen molar-refractivity contribution in [3.8, 4) is 0 Å². The van der Waals surface area contributed by atoms with Crippen molar-refractivity contribution < 1.29 is 4.79 Å². The van der Waals surface area contributed by atoms with Crippen molar-refractivity contribution >= 4 is 11.6 Å². The van der Waals surface area contributed by atoms with Gasteiger partial charge in [0.2, 0.25) is 5.91 Å². The Labute approximate surface area is 121 Å². The molecule has 2 rings (SSSR count). The van der Waals surface area contributed by atoms with E-state index in [1.165, 1.54) is 24.0 Å². The number of hydrogen-bond acceptors (Lipinski definition) is 1. The van der Waals surface area contributed by atoms with E-state index in [1.54, 1.807) is 6.08 Å². The Balaban J connectivity index is 2.07. The summed E-state index contributed by atoms with van der Waals surface area (Å²) >= 11 is 0. The van der Waals surface area contributed by atoms with Crippen molar-refractivity contribution in [3.05, 3.63) is 53.6 Å². The van der Waals surface area contributed by atoms with Crippen LogP contribution in [0.2, 0.25) is 0 Å². The fourth-order valence-corrected chi connectivity index (χ4v) is 2.87. The minimum atomic E-state index is -0.0714. The van der Waals surface area contributed by atoms with E-state index in [2.05, 4.69) is 26.1 Å². The van der Waals surface area contributed by atoms with Gasteiger partial charge in [-0.3, -0.25) is 4.79 Å². The number of amides is 1. The molecule has 0 bridgehead atoms. The second kappa shape index (κ2) is 6.08. The van der Waals surface area contributed by atoms with Crippen LogP contribution < -0.4 is 5.32 Å². The first-order valence-electron chi connectivity index (χ1n) is 7.23. The molecule has 1 aromatic carbocycles. The van der Waals surface area contributed by atoms with Crippen LogP contribution in [-0.4, -0.2) is 5.91 Å². The van der Waals surface area contributed by atoms with Gasteiger partial charge in [-0.15, -0.1) is 0 Å². The minimum Gasteiger partial charge on any atom is -0.323 e. The van der Waals surface area contributed by atoms with E-state index < -0.39 is 0 Å². The molecule has 0 saturated heterocycles. The molecule has 0 atom stereocenters. The molecule has 0 aromatic heterocycles. The number of nitrogens with one attached hydrogen (secondary N) is 1. The second-order valence-corrected chi connectivity index (χ2v) is 6.12. The number of rotatable bonds is 3. The summed E-state index contributed by atoms with van der Waals surface area (Å²) < 4.78 is 0. The summed E-state index contributed by atoms with van der Waals surface area (Å²) in [7, 11) is 0. The second-order valence-electron chi connectivity index (χ2n) is 6.12. The Morgan fingerprint density at radius 1 is 1.25 bits per heavy atom. The van der Waals surface area contributed by atoms with Crippen LogP contribution in [0.5, 0.6) is 0 Å². The van der Waals surface area contributed by atoms with Crippen LogP contribution >= 0.6 is 0 Å². The van der Waals surface area contributed by atoms with Crippen LogP contribution in [0.4, 0.5) is 5.69 Å². The predicted molar refractivity (Wildman–Crippen MR) is 84.5 cm³/mol. The molecular weight excluding hydrogens is 246 g/mol. The average molecular weight is 269 g/mol. The maximum absolute atomic E-state index is 12.0. The number of anilines is 1. The largest absolute Gasteiger partial charge is 0.323 e. The lowest BCUT2D eigenvalue weighted by Crippen LogP contribution is -2.19. The third-order valence-corrected chi connectivity index (χ3v) is 3.99. The number of hydrogen-bond donors (Lipinski definition) is 1. The van der Waals surface area contributed by atoms with E-state index in [0.717, 1.165) is 12.1 Å². The smallest absolute Gasteiger partial charge is 0.248 e. The zero-order valence-electron chi connectivity index (χ0n) is 12.6. The van der Waals surface area contributed by atoms with Gasteiger partial charge in [0.15, 0.2) is 0 Å². The molecule has 0 spiro atoms. The molecule has 2 heteroatoms. The molecular formula is C18H23NO. The average Bonchev–Trinajstić information content (AvgIpc) is 2.38. The molecule has 2 nitrogen and oxygen atoms in total. The highest BCUT2D eigenvalue weighted by Crippen LogP contribution is 2.40. The highest BCUT2D eigenvalue weighted by atomic mass is 16.1. The predicted octanol–water partition coefficient (Wildman–Crippen LogP) is 4.71. The van der Waals surface area contributed by atoms with E-state index in [1.807, 2.05) is 36.4 Å². The fraction of sp³-hybridized carbons (Fsp3) is 0.389. The first-order chi connectivity index (χ1) is 9.49. The van der Waals surface area contributed by atoms with Gasteiger partial charge in [-0.25, -0.2) is 0 Å². The molecule has 0 unspecified atom stereocenters. The topological polar surface area (TPSA) is 29.1 Å². The summed E-state index contributed by atoms with van der Waals surface area (Å²) in [5, 5.41) is 2.88. The first kappa shape index (κ1) is 14.6. The number of carbonyl (C=O) groups is 1. The van der Waals surface area contributed by atoms with E-state index >= 15 is 0 Å². The Kier molecular flexibility index (Phi) is 4.43. The maximum atomic E-state index is 12.0. The lowest BCUT2D eigenvalue weighted by Gasteiger charge is -2.32. The number of carbonyl (C=O) groups excluding carboxylic acids is 1. The quantitative estimate of drug-likeness (QED) is 0.791. The molecule has 1 amide bonds. The Morgan fingerprint density at radius 3 is 2.60 bits per heavy atom. The molecule has 0 aliphatic heterocycles. The van der Waals surface area contributed by atoms with Crippen molar-refractivity contribution in [2.24, 2.45) is 5.41 Å². The molecule has 106 valence electrons. The van der Waals surface area contributed by atoms with Crippen molar-refractivity contribution in [2.75, 3.05) is 5.32 Å². The van der Waals surface area contributed by atoms with Crippen molar-refractivity contribution in [2.45, 2.75) is 40.0 Å². The standard InChI is InChI=1S/C18H23NO/c1-14-8-7-13-18(2,3)16(14)11-12-17(20)19-15-9-5-4-6-10-15/h4-6,9-12H,7-8,13H2,1-3H3,(H,19,20)/b12-11+. The van der Waals surface area contributed by atoms with Gasteiger partial charge in [0, 0.05) is 11.8 Å². The molecule has 1 aromatic rings. The summed E-state index contributed by atoms with van der Waals surface area (Å²) in [4.78, 5) is 12.0. The summed E-state index contributed by atoms with van der Waals surface area (Å²) in [6, 6.07) is 9.54. The molecule has 1 aliphatic carbocycles. The molecule has 0 radical (unpaired) electrons. The Hall–Kier alpha value is -1.83. The highest BCUT2D eigenvalue weighted by molar-refractivity contribution is 5.99. The maximum Gasteiger partial charge on any atom is 0.248 e. The molecule has 1 aliphatic rings. The molecule has 1 N–H and O–H groups in total. The van der Waals surface area contributed by atoms with Crippen molar-refractivity contribution in [1.82, 2.24) is 0 Å². The van der Waals surface area contributed by atoms with Gasteiger partial charge in [-0.05, 0) is 49.3 Å². The molecule has 0 fully saturated rings. The van der Waals surface area contributed by atoms with Gasteiger partial charge < -0.3 is 5.32 Å². The Morgan fingerprint density at radius 2 is 1.95 bits per heavy atom. The summed E-state index contributed by atoms with van der Waals surface area (Å²) in [5.74, 6) is -0.0714. The van der Waals surface area contributed by atoms with Crippen LogP contribution in [0.15, 0.2) is 53.6 Å². The number of benzene rings is 1. The van der Waals surface area contributed by atoms with Gasteiger partial charge in [-0.2, -0.15) is 0 Å². The van der Waals surface area contributed by atoms with Crippen molar-refractivity contribution in [3.63, 3.8) is 0 Å². The van der Waals surface area contributed by atoms with E-state index in [4.69, 9.17) is 0 Å². The van der Waals surface area contributed by atoms with Gasteiger partial charge >= 0.3 is 0 Å². The summed E-state index contributed by atoms with van der Waals surface area (Å²) in [6.07, 6.45) is 7.21. The van der Waals surface area contributed by atoms with Crippen LogP contribution in [-0.2, 0) is 4.79 Å². The van der Waals surface area contributed by atoms with Crippen LogP contribution in [0.1, 0.15) is 40.0 Å². The molecule has 0 heterocycles. The fourth-order valence-electron chi connectivity index (χ4n) is 2.87. The van der Waals surface area contributed by atoms with Gasteiger partial charge in [0.25, 0.3) is 0 Å². The molecule has 20 heavy (non-hydrogen) atoms. The minimum absolute atomic E-state index is 0.0714. The van der Waals surface area contributed by atoms with Crippen LogP contribution in [0, 0.1) is 5.41 Å². The SMILES string of the molecule is CC1=C(/C=C/C(=O)Nc2ccccc2)C(C)(C)CCC1. The van der Waals surface area contributed by atoms with Gasteiger partial charge in [0.1, 0.15) is 0 Å². The van der Waals surface area contributed by atoms with E-state index in [0.29, 0.717) is 0 Å². The van der Waals surface area contributed by atoms with Crippen LogP contribution in [0.3, 0.4) is 0 Å². The van der Waals surface area contributed by atoms with Gasteiger partial charge in [0.05, 0.1) is 0 Å². The molecule has 0 saturated carbocycles. The van der Waals surface area contributed by atoms with Gasteiger partial charge in [-0.1, -0.05) is 43.7 Å². The monoisotopic (exact) mass is 269 g/mol. The lowest BCUT2D eigenvalue weighted by atomic mass is 9.72. The lowest BCUT2D eigenvalue weighted by molar-refractivity contribution is -0.111. The number of allylic oxidation sites excluding steroid dienone is 3. The van der Waals surface area contributed by atoms with Crippen LogP contribution in [0.25, 0.3) is 0 Å². The third-order valence-electron chi connectivity index (χ3n) is 3.99. The van der Waals surface area contributed by atoms with Crippen molar-refractivity contribution in [1.29, 1.82) is 0 Å². The summed E-state index contributed by atoms with van der Waals surface area (Å²) in [6.45, 7) is 6.69. The highest BCUT2D eigenvalue weighted by Gasteiger charge is 2.26. The van der Waals surface area contributed by atoms with E-state index in [-0.39, 0.29) is 11.3 Å². The first-order valence-corrected chi connectivity index (χ1v) is 7.23. The number of para-hydroxylation sites is 1. The Bertz CT molecular complexity index is 538. The third kappa shape index (κ3) is 3.60. The van der Waals surface area contributed by atoms with E-state index in [9.17, 15) is 4.79 Å². The normalized spacial score (nSPS) is 18.4. The zero-order chi connectivity index (χ0) is 14.6. The zero-order valence-corrected chi connectivity index (χ0v) is 12.6. The summed E-state index contributed by atoms with van der Waals surface area (Å²) in [5.41, 5.74) is 3.72.